The van der Waals surface area contributed by atoms with Gasteiger partial charge < -0.3 is 15.4 Å². The lowest BCUT2D eigenvalue weighted by molar-refractivity contribution is 0.0691. The van der Waals surface area contributed by atoms with Gasteiger partial charge in [0.2, 0.25) is 0 Å². The number of H-pyrrole nitrogens is 1. The van der Waals surface area contributed by atoms with Crippen molar-refractivity contribution in [3.8, 4) is 0 Å². The molecular weight excluding hydrogens is 324 g/mol. The quantitative estimate of drug-likeness (QED) is 0.268. The third-order valence-corrected chi connectivity index (χ3v) is 5.00. The van der Waals surface area contributed by atoms with E-state index in [2.05, 4.69) is 17.2 Å². The zero-order chi connectivity index (χ0) is 18.9. The van der Waals surface area contributed by atoms with Gasteiger partial charge in [0.15, 0.2) is 0 Å². The first-order valence-corrected chi connectivity index (χ1v) is 10.9. The lowest BCUT2D eigenvalue weighted by Gasteiger charge is -2.04. The van der Waals surface area contributed by atoms with Crippen molar-refractivity contribution in [2.75, 3.05) is 6.54 Å². The second-order valence-electron chi connectivity index (χ2n) is 7.48. The molecule has 4 heteroatoms. The largest absolute Gasteiger partial charge is 0.477 e. The van der Waals surface area contributed by atoms with Crippen LogP contribution in [0.4, 0.5) is 0 Å². The van der Waals surface area contributed by atoms with E-state index in [0.29, 0.717) is 6.54 Å². The number of hydrogen-bond donors (Lipinski definition) is 3. The van der Waals surface area contributed by atoms with E-state index in [1.807, 2.05) is 6.07 Å². The SMILES string of the molecule is CCCCCCCCCCCCCCCCNCc1ccc(C(=O)O)[nH]1. The van der Waals surface area contributed by atoms with E-state index < -0.39 is 5.97 Å². The minimum absolute atomic E-state index is 0.262. The average molecular weight is 365 g/mol. The smallest absolute Gasteiger partial charge is 0.352 e. The van der Waals surface area contributed by atoms with Gasteiger partial charge in [-0.1, -0.05) is 90.4 Å². The molecule has 1 rings (SSSR count). The van der Waals surface area contributed by atoms with Gasteiger partial charge in [-0.15, -0.1) is 0 Å². The summed E-state index contributed by atoms with van der Waals surface area (Å²) >= 11 is 0. The van der Waals surface area contributed by atoms with Crippen molar-refractivity contribution in [2.24, 2.45) is 0 Å². The zero-order valence-corrected chi connectivity index (χ0v) is 16.8. The maximum Gasteiger partial charge on any atom is 0.352 e. The molecule has 0 unspecified atom stereocenters. The first kappa shape index (κ1) is 22.8. The van der Waals surface area contributed by atoms with Crippen LogP contribution in [0.15, 0.2) is 12.1 Å². The number of rotatable bonds is 18. The molecule has 0 atom stereocenters. The Hall–Kier alpha value is -1.29. The molecule has 150 valence electrons. The van der Waals surface area contributed by atoms with E-state index in [-0.39, 0.29) is 5.69 Å². The summed E-state index contributed by atoms with van der Waals surface area (Å²) in [7, 11) is 0. The Morgan fingerprint density at radius 1 is 0.846 bits per heavy atom. The van der Waals surface area contributed by atoms with Gasteiger partial charge in [-0.2, -0.15) is 0 Å². The van der Waals surface area contributed by atoms with E-state index in [1.54, 1.807) is 6.07 Å². The molecule has 0 aliphatic carbocycles. The van der Waals surface area contributed by atoms with Crippen molar-refractivity contribution >= 4 is 5.97 Å². The van der Waals surface area contributed by atoms with E-state index in [4.69, 9.17) is 5.11 Å². The van der Waals surface area contributed by atoms with Crippen LogP contribution in [0.5, 0.6) is 0 Å². The minimum Gasteiger partial charge on any atom is -0.477 e. The van der Waals surface area contributed by atoms with Crippen LogP contribution in [-0.4, -0.2) is 22.6 Å². The summed E-state index contributed by atoms with van der Waals surface area (Å²) in [4.78, 5) is 13.7. The summed E-state index contributed by atoms with van der Waals surface area (Å²) in [5.74, 6) is -0.900. The standard InChI is InChI=1S/C22H40N2O2/c1-2-3-4-5-6-7-8-9-10-11-12-13-14-15-18-23-19-20-16-17-21(24-20)22(25)26/h16-17,23-24H,2-15,18-19H2,1H3,(H,25,26). The van der Waals surface area contributed by atoms with Crippen LogP contribution in [0.3, 0.4) is 0 Å². The Kier molecular flexibility index (Phi) is 13.9. The second kappa shape index (κ2) is 15.9. The average Bonchev–Trinajstić information content (AvgIpc) is 3.10. The summed E-state index contributed by atoms with van der Waals surface area (Å²) in [6, 6.07) is 3.45. The van der Waals surface area contributed by atoms with Crippen molar-refractivity contribution in [3.63, 3.8) is 0 Å². The normalized spacial score (nSPS) is 11.1. The van der Waals surface area contributed by atoms with Crippen LogP contribution >= 0.6 is 0 Å². The zero-order valence-electron chi connectivity index (χ0n) is 16.8. The molecule has 0 spiro atoms. The van der Waals surface area contributed by atoms with E-state index in [9.17, 15) is 4.79 Å². The number of carbonyl (C=O) groups is 1. The fourth-order valence-corrected chi connectivity index (χ4v) is 3.34. The van der Waals surface area contributed by atoms with Gasteiger partial charge >= 0.3 is 5.97 Å². The molecule has 0 saturated heterocycles. The third-order valence-electron chi connectivity index (χ3n) is 5.00. The second-order valence-corrected chi connectivity index (χ2v) is 7.48. The molecule has 0 bridgehead atoms. The predicted octanol–water partition coefficient (Wildman–Crippen LogP) is 6.28. The van der Waals surface area contributed by atoms with Crippen LogP contribution < -0.4 is 5.32 Å². The molecule has 0 aliphatic rings. The highest BCUT2D eigenvalue weighted by molar-refractivity contribution is 5.85. The fourth-order valence-electron chi connectivity index (χ4n) is 3.34. The van der Waals surface area contributed by atoms with E-state index in [1.165, 1.54) is 89.9 Å². The molecule has 0 aliphatic heterocycles. The number of aromatic amines is 1. The predicted molar refractivity (Wildman–Crippen MR) is 110 cm³/mol. The Labute approximate surface area is 160 Å². The van der Waals surface area contributed by atoms with Crippen LogP contribution in [0.2, 0.25) is 0 Å². The molecule has 1 heterocycles. The molecular formula is C22H40N2O2. The van der Waals surface area contributed by atoms with Gasteiger partial charge in [-0.3, -0.25) is 0 Å². The number of aromatic nitrogens is 1. The number of carboxylic acid groups (broad SMARTS) is 1. The highest BCUT2D eigenvalue weighted by atomic mass is 16.4. The topological polar surface area (TPSA) is 65.1 Å². The van der Waals surface area contributed by atoms with Crippen LogP contribution in [0.1, 0.15) is 113 Å². The molecule has 3 N–H and O–H groups in total. The number of unbranched alkanes of at least 4 members (excludes halogenated alkanes) is 13. The Balaban J connectivity index is 1.77. The van der Waals surface area contributed by atoms with Crippen molar-refractivity contribution in [1.29, 1.82) is 0 Å². The molecule has 0 saturated carbocycles. The van der Waals surface area contributed by atoms with Crippen LogP contribution in [0.25, 0.3) is 0 Å². The molecule has 0 radical (unpaired) electrons. The molecule has 0 aromatic carbocycles. The Bertz CT molecular complexity index is 457. The number of aromatic carboxylic acids is 1. The first-order chi connectivity index (χ1) is 12.7. The number of nitrogens with one attached hydrogen (secondary N) is 2. The Morgan fingerprint density at radius 3 is 1.81 bits per heavy atom. The summed E-state index contributed by atoms with van der Waals surface area (Å²) < 4.78 is 0. The van der Waals surface area contributed by atoms with Crippen molar-refractivity contribution in [2.45, 2.75) is 103 Å². The lowest BCUT2D eigenvalue weighted by atomic mass is 10.0. The molecule has 1 aromatic heterocycles. The highest BCUT2D eigenvalue weighted by Crippen LogP contribution is 2.12. The molecule has 4 nitrogen and oxygen atoms in total. The summed E-state index contributed by atoms with van der Waals surface area (Å²) in [5.41, 5.74) is 1.20. The van der Waals surface area contributed by atoms with Gasteiger partial charge in [-0.05, 0) is 25.1 Å². The minimum atomic E-state index is -0.900. The van der Waals surface area contributed by atoms with Gasteiger partial charge in [0.1, 0.15) is 5.69 Å². The Morgan fingerprint density at radius 2 is 1.35 bits per heavy atom. The lowest BCUT2D eigenvalue weighted by Crippen LogP contribution is -2.15. The molecule has 26 heavy (non-hydrogen) atoms. The third kappa shape index (κ3) is 12.1. The van der Waals surface area contributed by atoms with Gasteiger partial charge in [-0.25, -0.2) is 4.79 Å². The summed E-state index contributed by atoms with van der Waals surface area (Å²) in [6.07, 6.45) is 19.3. The van der Waals surface area contributed by atoms with Crippen LogP contribution in [-0.2, 0) is 6.54 Å². The summed E-state index contributed by atoms with van der Waals surface area (Å²) in [6.45, 7) is 3.99. The molecule has 0 fully saturated rings. The summed E-state index contributed by atoms with van der Waals surface area (Å²) in [5, 5.41) is 12.2. The van der Waals surface area contributed by atoms with Gasteiger partial charge in [0, 0.05) is 12.2 Å². The van der Waals surface area contributed by atoms with Gasteiger partial charge in [0.25, 0.3) is 0 Å². The van der Waals surface area contributed by atoms with Crippen LogP contribution in [0, 0.1) is 0 Å². The monoisotopic (exact) mass is 364 g/mol. The first-order valence-electron chi connectivity index (χ1n) is 10.9. The van der Waals surface area contributed by atoms with E-state index >= 15 is 0 Å². The van der Waals surface area contributed by atoms with Gasteiger partial charge in [0.05, 0.1) is 0 Å². The maximum absolute atomic E-state index is 10.8. The maximum atomic E-state index is 10.8. The van der Waals surface area contributed by atoms with Crippen molar-refractivity contribution < 1.29 is 9.90 Å². The molecule has 1 aromatic rings. The number of hydrogen-bond acceptors (Lipinski definition) is 2. The molecule has 0 amide bonds. The number of carboxylic acids is 1. The fraction of sp³-hybridized carbons (Fsp3) is 0.773. The van der Waals surface area contributed by atoms with Crippen molar-refractivity contribution in [1.82, 2.24) is 10.3 Å². The highest BCUT2D eigenvalue weighted by Gasteiger charge is 2.04. The van der Waals surface area contributed by atoms with E-state index in [0.717, 1.165) is 12.2 Å². The van der Waals surface area contributed by atoms with Crippen molar-refractivity contribution in [3.05, 3.63) is 23.5 Å².